The van der Waals surface area contributed by atoms with Gasteiger partial charge < -0.3 is 15.2 Å². The van der Waals surface area contributed by atoms with Gasteiger partial charge >= 0.3 is 12.1 Å². The lowest BCUT2D eigenvalue weighted by Gasteiger charge is -2.19. The summed E-state index contributed by atoms with van der Waals surface area (Å²) in [5.41, 5.74) is 2.48. The van der Waals surface area contributed by atoms with E-state index in [-0.39, 0.29) is 12.1 Å². The molecule has 0 fully saturated rings. The highest BCUT2D eigenvalue weighted by Gasteiger charge is 2.15. The molecule has 0 atom stereocenters. The molecule has 2 aromatic rings. The lowest BCUT2D eigenvalue weighted by atomic mass is 10.0. The van der Waals surface area contributed by atoms with Crippen molar-refractivity contribution in [1.82, 2.24) is 10.3 Å². The minimum absolute atomic E-state index is 0.265. The average Bonchev–Trinajstić information content (AvgIpc) is 2.52. The summed E-state index contributed by atoms with van der Waals surface area (Å²) in [5, 5.41) is 11.6. The number of alkyl carbamates (subject to hydrolysis) is 1. The van der Waals surface area contributed by atoms with E-state index in [9.17, 15) is 9.59 Å². The third-order valence-corrected chi connectivity index (χ3v) is 3.30. The summed E-state index contributed by atoms with van der Waals surface area (Å²) >= 11 is 0. The molecule has 0 spiro atoms. The van der Waals surface area contributed by atoms with Gasteiger partial charge in [0.2, 0.25) is 0 Å². The minimum Gasteiger partial charge on any atom is -0.478 e. The molecule has 2 N–H and O–H groups in total. The highest BCUT2D eigenvalue weighted by atomic mass is 16.6. The van der Waals surface area contributed by atoms with Crippen LogP contribution >= 0.6 is 0 Å². The van der Waals surface area contributed by atoms with Crippen LogP contribution in [0.3, 0.4) is 0 Å². The Morgan fingerprint density at radius 3 is 2.40 bits per heavy atom. The van der Waals surface area contributed by atoms with Gasteiger partial charge in [-0.2, -0.15) is 0 Å². The van der Waals surface area contributed by atoms with Gasteiger partial charge in [0.25, 0.3) is 0 Å². The number of amides is 1. The maximum Gasteiger partial charge on any atom is 0.407 e. The molecular formula is C19H22N2O4. The number of rotatable bonds is 5. The van der Waals surface area contributed by atoms with E-state index in [1.54, 1.807) is 51.2 Å². The quantitative estimate of drug-likeness (QED) is 0.869. The zero-order valence-corrected chi connectivity index (χ0v) is 14.6. The van der Waals surface area contributed by atoms with Crippen molar-refractivity contribution in [3.8, 4) is 0 Å². The van der Waals surface area contributed by atoms with E-state index in [0.29, 0.717) is 6.42 Å². The summed E-state index contributed by atoms with van der Waals surface area (Å²) in [6, 6.07) is 10.6. The number of hydrogen-bond acceptors (Lipinski definition) is 4. The second-order valence-corrected chi connectivity index (χ2v) is 6.69. The third kappa shape index (κ3) is 6.25. The third-order valence-electron chi connectivity index (χ3n) is 3.30. The highest BCUT2D eigenvalue weighted by molar-refractivity contribution is 5.87. The second-order valence-electron chi connectivity index (χ2n) is 6.69. The molecule has 6 nitrogen and oxygen atoms in total. The monoisotopic (exact) mass is 342 g/mol. The topological polar surface area (TPSA) is 88.5 Å². The van der Waals surface area contributed by atoms with E-state index in [2.05, 4.69) is 10.3 Å². The van der Waals surface area contributed by atoms with Crippen LogP contribution in [0.1, 0.15) is 48.0 Å². The smallest absolute Gasteiger partial charge is 0.407 e. The van der Waals surface area contributed by atoms with Crippen LogP contribution in [0.4, 0.5) is 4.79 Å². The molecule has 2 rings (SSSR count). The molecule has 132 valence electrons. The zero-order valence-electron chi connectivity index (χ0n) is 14.6. The summed E-state index contributed by atoms with van der Waals surface area (Å²) in [4.78, 5) is 26.8. The molecule has 0 saturated carbocycles. The molecule has 6 heteroatoms. The van der Waals surface area contributed by atoms with Gasteiger partial charge in [0.1, 0.15) is 5.60 Å². The number of pyridine rings is 1. The van der Waals surface area contributed by atoms with Gasteiger partial charge in [-0.1, -0.05) is 12.1 Å². The molecule has 1 aromatic carbocycles. The molecule has 1 aromatic heterocycles. The second kappa shape index (κ2) is 7.79. The molecule has 1 heterocycles. The minimum atomic E-state index is -0.939. The van der Waals surface area contributed by atoms with Crippen molar-refractivity contribution in [2.75, 3.05) is 0 Å². The van der Waals surface area contributed by atoms with E-state index >= 15 is 0 Å². The van der Waals surface area contributed by atoms with Crippen LogP contribution in [-0.2, 0) is 17.7 Å². The Balaban J connectivity index is 1.96. The predicted octanol–water partition coefficient (Wildman–Crippen LogP) is 3.40. The number of carboxylic acid groups (broad SMARTS) is 1. The lowest BCUT2D eigenvalue weighted by molar-refractivity contribution is 0.0522. The van der Waals surface area contributed by atoms with Crippen molar-refractivity contribution in [2.24, 2.45) is 0 Å². The van der Waals surface area contributed by atoms with Crippen molar-refractivity contribution < 1.29 is 19.4 Å². The number of nitrogens with zero attached hydrogens (tertiary/aromatic N) is 1. The molecule has 0 bridgehead atoms. The summed E-state index contributed by atoms with van der Waals surface area (Å²) in [6.45, 7) is 5.70. The molecule has 0 unspecified atom stereocenters. The van der Waals surface area contributed by atoms with Gasteiger partial charge in [0.05, 0.1) is 17.8 Å². The molecular weight excluding hydrogens is 320 g/mol. The Kier molecular flexibility index (Phi) is 5.75. The number of aromatic carboxylic acids is 1. The molecule has 0 aliphatic heterocycles. The average molecular weight is 342 g/mol. The van der Waals surface area contributed by atoms with Crippen molar-refractivity contribution in [3.63, 3.8) is 0 Å². The highest BCUT2D eigenvalue weighted by Crippen LogP contribution is 2.12. The summed E-state index contributed by atoms with van der Waals surface area (Å²) < 4.78 is 5.19. The molecule has 25 heavy (non-hydrogen) atoms. The van der Waals surface area contributed by atoms with Crippen LogP contribution in [0, 0.1) is 0 Å². The van der Waals surface area contributed by atoms with Crippen LogP contribution in [0.5, 0.6) is 0 Å². The van der Waals surface area contributed by atoms with E-state index < -0.39 is 17.7 Å². The Bertz CT molecular complexity index is 749. The normalized spacial score (nSPS) is 11.0. The van der Waals surface area contributed by atoms with Crippen molar-refractivity contribution in [1.29, 1.82) is 0 Å². The van der Waals surface area contributed by atoms with Gasteiger partial charge in [-0.3, -0.25) is 4.98 Å². The van der Waals surface area contributed by atoms with Crippen LogP contribution in [0.25, 0.3) is 0 Å². The first-order valence-corrected chi connectivity index (χ1v) is 7.96. The zero-order chi connectivity index (χ0) is 18.4. The maximum atomic E-state index is 11.7. The Morgan fingerprint density at radius 2 is 1.80 bits per heavy atom. The SMILES string of the molecule is CC(C)(C)OC(=O)NCc1cc(Cc2ccc(C(=O)O)cc2)ccn1. The molecule has 1 amide bonds. The van der Waals surface area contributed by atoms with Gasteiger partial charge in [-0.05, 0) is 62.6 Å². The van der Waals surface area contributed by atoms with Crippen LogP contribution < -0.4 is 5.32 Å². The predicted molar refractivity (Wildman–Crippen MR) is 93.5 cm³/mol. The Morgan fingerprint density at radius 1 is 1.12 bits per heavy atom. The van der Waals surface area contributed by atoms with E-state index in [0.717, 1.165) is 16.8 Å². The number of hydrogen-bond donors (Lipinski definition) is 2. The fourth-order valence-corrected chi connectivity index (χ4v) is 2.21. The summed E-state index contributed by atoms with van der Waals surface area (Å²) in [7, 11) is 0. The van der Waals surface area contributed by atoms with Gasteiger partial charge in [-0.25, -0.2) is 9.59 Å². The summed E-state index contributed by atoms with van der Waals surface area (Å²) in [5.74, 6) is -0.939. The molecule has 0 radical (unpaired) electrons. The van der Waals surface area contributed by atoms with Crippen LogP contribution in [0.2, 0.25) is 0 Å². The van der Waals surface area contributed by atoms with Crippen molar-refractivity contribution in [3.05, 3.63) is 65.0 Å². The number of carbonyl (C=O) groups excluding carboxylic acids is 1. The number of carbonyl (C=O) groups is 2. The van der Waals surface area contributed by atoms with Gasteiger partial charge in [0.15, 0.2) is 0 Å². The fourth-order valence-electron chi connectivity index (χ4n) is 2.21. The largest absolute Gasteiger partial charge is 0.478 e. The molecule has 0 saturated heterocycles. The summed E-state index contributed by atoms with van der Waals surface area (Å²) in [6.07, 6.45) is 1.86. The number of benzene rings is 1. The Hall–Kier alpha value is -2.89. The lowest BCUT2D eigenvalue weighted by Crippen LogP contribution is -2.32. The van der Waals surface area contributed by atoms with Crippen molar-refractivity contribution >= 4 is 12.1 Å². The van der Waals surface area contributed by atoms with E-state index in [1.807, 2.05) is 12.1 Å². The Labute approximate surface area is 146 Å². The van der Waals surface area contributed by atoms with Gasteiger partial charge in [0, 0.05) is 6.20 Å². The number of ether oxygens (including phenoxy) is 1. The molecule has 0 aliphatic rings. The van der Waals surface area contributed by atoms with E-state index in [4.69, 9.17) is 9.84 Å². The first kappa shape index (κ1) is 18.4. The number of aromatic nitrogens is 1. The number of carboxylic acids is 1. The van der Waals surface area contributed by atoms with E-state index in [1.165, 1.54) is 0 Å². The van der Waals surface area contributed by atoms with Gasteiger partial charge in [-0.15, -0.1) is 0 Å². The standard InChI is InChI=1S/C19H22N2O4/c1-19(2,3)25-18(24)21-12-16-11-14(8-9-20-16)10-13-4-6-15(7-5-13)17(22)23/h4-9,11H,10,12H2,1-3H3,(H,21,24)(H,22,23). The number of nitrogens with one attached hydrogen (secondary N) is 1. The molecule has 0 aliphatic carbocycles. The first-order valence-electron chi connectivity index (χ1n) is 7.96. The first-order chi connectivity index (χ1) is 11.7. The fraction of sp³-hybridized carbons (Fsp3) is 0.316. The van der Waals surface area contributed by atoms with Crippen LogP contribution in [0.15, 0.2) is 42.6 Å². The maximum absolute atomic E-state index is 11.7. The van der Waals surface area contributed by atoms with Crippen LogP contribution in [-0.4, -0.2) is 27.8 Å². The van der Waals surface area contributed by atoms with Crippen molar-refractivity contribution in [2.45, 2.75) is 39.3 Å².